The van der Waals surface area contributed by atoms with Gasteiger partial charge in [0.05, 0.1) is 18.4 Å². The maximum Gasteiger partial charge on any atom is 0.180 e. The average Bonchev–Trinajstić information content (AvgIpc) is 3.22. The molecule has 0 aliphatic heterocycles. The molecule has 0 spiro atoms. The Labute approximate surface area is 136 Å². The number of fused-ring (bicyclic) bond motifs is 1. The molecule has 0 aliphatic carbocycles. The van der Waals surface area contributed by atoms with Crippen molar-refractivity contribution in [3.05, 3.63) is 71.1 Å². The van der Waals surface area contributed by atoms with Gasteiger partial charge in [0.25, 0.3) is 0 Å². The molecule has 23 heavy (non-hydrogen) atoms. The van der Waals surface area contributed by atoms with Crippen LogP contribution in [0, 0.1) is 5.82 Å². The lowest BCUT2D eigenvalue weighted by Crippen LogP contribution is -2.02. The van der Waals surface area contributed by atoms with Crippen LogP contribution in [0.4, 0.5) is 10.2 Å². The van der Waals surface area contributed by atoms with Crippen LogP contribution in [0.15, 0.2) is 60.4 Å². The molecule has 0 saturated heterocycles. The minimum absolute atomic E-state index is 0.262. The summed E-state index contributed by atoms with van der Waals surface area (Å²) in [7, 11) is 0. The number of imidazole rings is 1. The summed E-state index contributed by atoms with van der Waals surface area (Å²) >= 11 is 1.69. The van der Waals surface area contributed by atoms with E-state index < -0.39 is 0 Å². The zero-order valence-electron chi connectivity index (χ0n) is 12.1. The molecule has 0 aliphatic rings. The van der Waals surface area contributed by atoms with Gasteiger partial charge < -0.3 is 5.32 Å². The van der Waals surface area contributed by atoms with Crippen molar-refractivity contribution in [2.75, 3.05) is 5.32 Å². The van der Waals surface area contributed by atoms with Crippen LogP contribution in [0.25, 0.3) is 16.9 Å². The van der Waals surface area contributed by atoms with Crippen LogP contribution in [0.5, 0.6) is 0 Å². The first-order chi connectivity index (χ1) is 11.3. The Balaban J connectivity index is 1.71. The van der Waals surface area contributed by atoms with Crippen molar-refractivity contribution in [2.24, 2.45) is 0 Å². The van der Waals surface area contributed by atoms with Gasteiger partial charge >= 0.3 is 0 Å². The second-order valence-corrected chi connectivity index (χ2v) is 6.09. The monoisotopic (exact) mass is 324 g/mol. The van der Waals surface area contributed by atoms with Crippen molar-refractivity contribution >= 4 is 22.8 Å². The second-order valence-electron chi connectivity index (χ2n) is 5.06. The van der Waals surface area contributed by atoms with Crippen molar-refractivity contribution < 1.29 is 4.39 Å². The smallest absolute Gasteiger partial charge is 0.180 e. The van der Waals surface area contributed by atoms with Crippen molar-refractivity contribution in [1.29, 1.82) is 0 Å². The van der Waals surface area contributed by atoms with Crippen LogP contribution in [0.2, 0.25) is 0 Å². The lowest BCUT2D eigenvalue weighted by Gasteiger charge is -2.07. The molecule has 6 heteroatoms. The SMILES string of the molecule is Fc1cccc(-c2cnc3c(NCc4cccs4)nccn23)c1. The summed E-state index contributed by atoms with van der Waals surface area (Å²) in [5.41, 5.74) is 2.34. The molecule has 114 valence electrons. The molecular formula is C17H13FN4S. The highest BCUT2D eigenvalue weighted by molar-refractivity contribution is 7.09. The fourth-order valence-corrected chi connectivity index (χ4v) is 3.13. The quantitative estimate of drug-likeness (QED) is 0.611. The van der Waals surface area contributed by atoms with E-state index in [2.05, 4.69) is 21.4 Å². The van der Waals surface area contributed by atoms with Gasteiger partial charge in [-0.2, -0.15) is 0 Å². The molecule has 0 fully saturated rings. The van der Waals surface area contributed by atoms with Gasteiger partial charge in [0, 0.05) is 22.8 Å². The molecule has 0 amide bonds. The zero-order chi connectivity index (χ0) is 15.6. The Hall–Kier alpha value is -2.73. The third kappa shape index (κ3) is 2.68. The van der Waals surface area contributed by atoms with Gasteiger partial charge in [-0.05, 0) is 23.6 Å². The van der Waals surface area contributed by atoms with Crippen molar-refractivity contribution in [1.82, 2.24) is 14.4 Å². The number of hydrogen-bond acceptors (Lipinski definition) is 4. The molecule has 4 aromatic rings. The Kier molecular flexibility index (Phi) is 3.51. The summed E-state index contributed by atoms with van der Waals surface area (Å²) in [6.07, 6.45) is 5.29. The Morgan fingerprint density at radius 2 is 2.13 bits per heavy atom. The van der Waals surface area contributed by atoms with Gasteiger partial charge in [0.1, 0.15) is 5.82 Å². The fraction of sp³-hybridized carbons (Fsp3) is 0.0588. The second kappa shape index (κ2) is 5.81. The van der Waals surface area contributed by atoms with Crippen LogP contribution in [-0.4, -0.2) is 14.4 Å². The maximum atomic E-state index is 13.5. The maximum absolute atomic E-state index is 13.5. The van der Waals surface area contributed by atoms with Gasteiger partial charge in [-0.25, -0.2) is 14.4 Å². The molecule has 4 rings (SSSR count). The number of rotatable bonds is 4. The van der Waals surface area contributed by atoms with E-state index in [0.717, 1.165) is 16.9 Å². The van der Waals surface area contributed by atoms with E-state index in [-0.39, 0.29) is 5.82 Å². The molecule has 0 saturated carbocycles. The molecule has 4 nitrogen and oxygen atoms in total. The largest absolute Gasteiger partial charge is 0.362 e. The lowest BCUT2D eigenvalue weighted by molar-refractivity contribution is 0.628. The molecular weight excluding hydrogens is 311 g/mol. The third-order valence-corrected chi connectivity index (χ3v) is 4.43. The standard InChI is InChI=1S/C17H13FN4S/c18-13-4-1-3-12(9-13)15-11-21-17-16(19-6-7-22(15)17)20-10-14-5-2-8-23-14/h1-9,11H,10H2,(H,19,20). The summed E-state index contributed by atoms with van der Waals surface area (Å²) in [6, 6.07) is 10.6. The van der Waals surface area contributed by atoms with Crippen LogP contribution in [-0.2, 0) is 6.54 Å². The first-order valence-electron chi connectivity index (χ1n) is 7.15. The van der Waals surface area contributed by atoms with Gasteiger partial charge in [-0.1, -0.05) is 18.2 Å². The zero-order valence-corrected chi connectivity index (χ0v) is 12.9. The number of thiophene rings is 1. The first-order valence-corrected chi connectivity index (χ1v) is 8.03. The van der Waals surface area contributed by atoms with E-state index in [1.807, 2.05) is 28.1 Å². The summed E-state index contributed by atoms with van der Waals surface area (Å²) in [5, 5.41) is 5.35. The lowest BCUT2D eigenvalue weighted by atomic mass is 10.1. The van der Waals surface area contributed by atoms with Crippen molar-refractivity contribution in [3.8, 4) is 11.3 Å². The van der Waals surface area contributed by atoms with Crippen LogP contribution in [0.1, 0.15) is 4.88 Å². The van der Waals surface area contributed by atoms with Crippen LogP contribution >= 0.6 is 11.3 Å². The number of nitrogens with zero attached hydrogens (tertiary/aromatic N) is 3. The van der Waals surface area contributed by atoms with E-state index in [1.165, 1.54) is 17.0 Å². The molecule has 3 aromatic heterocycles. The predicted octanol–water partition coefficient (Wildman–Crippen LogP) is 4.21. The number of nitrogens with one attached hydrogen (secondary N) is 1. The average molecular weight is 324 g/mol. The van der Waals surface area contributed by atoms with Crippen molar-refractivity contribution in [3.63, 3.8) is 0 Å². The van der Waals surface area contributed by atoms with E-state index >= 15 is 0 Å². The van der Waals surface area contributed by atoms with Gasteiger partial charge in [-0.3, -0.25) is 4.40 Å². The normalized spacial score (nSPS) is 11.0. The van der Waals surface area contributed by atoms with Gasteiger partial charge in [0.15, 0.2) is 11.5 Å². The first kappa shape index (κ1) is 13.9. The summed E-state index contributed by atoms with van der Waals surface area (Å²) in [5.74, 6) is 0.450. The van der Waals surface area contributed by atoms with E-state index in [4.69, 9.17) is 0 Å². The number of hydrogen-bond donors (Lipinski definition) is 1. The summed E-state index contributed by atoms with van der Waals surface area (Å²) < 4.78 is 15.4. The van der Waals surface area contributed by atoms with Crippen molar-refractivity contribution in [2.45, 2.75) is 6.54 Å². The van der Waals surface area contributed by atoms with Crippen LogP contribution < -0.4 is 5.32 Å². The topological polar surface area (TPSA) is 42.2 Å². The highest BCUT2D eigenvalue weighted by Gasteiger charge is 2.10. The van der Waals surface area contributed by atoms with E-state index in [9.17, 15) is 4.39 Å². The number of anilines is 1. The number of halogens is 1. The molecule has 1 aromatic carbocycles. The Morgan fingerprint density at radius 3 is 2.96 bits per heavy atom. The van der Waals surface area contributed by atoms with E-state index in [1.54, 1.807) is 29.8 Å². The molecule has 0 atom stereocenters. The Morgan fingerprint density at radius 1 is 1.17 bits per heavy atom. The fourth-order valence-electron chi connectivity index (χ4n) is 2.49. The molecule has 1 N–H and O–H groups in total. The predicted molar refractivity (Wildman–Crippen MR) is 90.0 cm³/mol. The summed E-state index contributed by atoms with van der Waals surface area (Å²) in [6.45, 7) is 0.701. The number of benzene rings is 1. The minimum Gasteiger partial charge on any atom is -0.362 e. The molecule has 0 bridgehead atoms. The minimum atomic E-state index is -0.262. The highest BCUT2D eigenvalue weighted by Crippen LogP contribution is 2.24. The molecule has 0 radical (unpaired) electrons. The molecule has 3 heterocycles. The van der Waals surface area contributed by atoms with Gasteiger partial charge in [0.2, 0.25) is 0 Å². The third-order valence-electron chi connectivity index (χ3n) is 3.56. The van der Waals surface area contributed by atoms with Crippen LogP contribution in [0.3, 0.4) is 0 Å². The molecule has 0 unspecified atom stereocenters. The summed E-state index contributed by atoms with van der Waals surface area (Å²) in [4.78, 5) is 10.0. The Bertz CT molecular complexity index is 946. The number of aromatic nitrogens is 3. The van der Waals surface area contributed by atoms with Gasteiger partial charge in [-0.15, -0.1) is 11.3 Å². The van der Waals surface area contributed by atoms with E-state index in [0.29, 0.717) is 12.4 Å². The highest BCUT2D eigenvalue weighted by atomic mass is 32.1.